The van der Waals surface area contributed by atoms with Crippen molar-refractivity contribution in [1.82, 2.24) is 4.98 Å². The number of carbonyl (C=O) groups is 2. The summed E-state index contributed by atoms with van der Waals surface area (Å²) in [6.45, 7) is 1.95. The molecule has 0 aromatic carbocycles. The highest BCUT2D eigenvalue weighted by Crippen LogP contribution is 2.26. The maximum Gasteiger partial charge on any atom is 0.249 e. The average Bonchev–Trinajstić information content (AvgIpc) is 2.58. The molecule has 2 rings (SSSR count). The number of hydrogen-bond acceptors (Lipinski definition) is 4. The molecule has 1 aliphatic rings. The van der Waals surface area contributed by atoms with Crippen molar-refractivity contribution >= 4 is 28.6 Å². The summed E-state index contributed by atoms with van der Waals surface area (Å²) < 4.78 is 0. The van der Waals surface area contributed by atoms with E-state index in [1.807, 2.05) is 0 Å². The minimum absolute atomic E-state index is 0.00575. The van der Waals surface area contributed by atoms with Crippen LogP contribution in [0.2, 0.25) is 0 Å². The van der Waals surface area contributed by atoms with Gasteiger partial charge in [-0.25, -0.2) is 0 Å². The maximum atomic E-state index is 11.8. The van der Waals surface area contributed by atoms with Gasteiger partial charge in [-0.05, 0) is 6.07 Å². The van der Waals surface area contributed by atoms with Crippen molar-refractivity contribution in [1.29, 1.82) is 0 Å². The van der Waals surface area contributed by atoms with Crippen LogP contribution in [0, 0.1) is 0 Å². The van der Waals surface area contributed by atoms with Gasteiger partial charge in [-0.2, -0.15) is 0 Å². The van der Waals surface area contributed by atoms with E-state index in [0.29, 0.717) is 18.8 Å². The lowest BCUT2D eigenvalue weighted by molar-refractivity contribution is -0.117. The van der Waals surface area contributed by atoms with Crippen LogP contribution >= 0.6 is 11.8 Å². The van der Waals surface area contributed by atoms with Gasteiger partial charge in [0.15, 0.2) is 5.12 Å². The monoisotopic (exact) mass is 252 g/mol. The summed E-state index contributed by atoms with van der Waals surface area (Å²) >= 11 is 1.18. The number of amides is 1. The molecule has 5 nitrogen and oxygen atoms in total. The maximum absolute atomic E-state index is 11.8. The molecule has 0 bridgehead atoms. The van der Waals surface area contributed by atoms with E-state index < -0.39 is 0 Å². The summed E-state index contributed by atoms with van der Waals surface area (Å²) in [6, 6.07) is 4.68. The Kier molecular flexibility index (Phi) is 3.33. The van der Waals surface area contributed by atoms with Crippen LogP contribution in [-0.4, -0.2) is 27.8 Å². The highest BCUT2D eigenvalue weighted by atomic mass is 32.2. The molecule has 0 spiro atoms. The summed E-state index contributed by atoms with van der Waals surface area (Å²) in [7, 11) is 0. The summed E-state index contributed by atoms with van der Waals surface area (Å²) in [5.74, 6) is 0.430. The quantitative estimate of drug-likeness (QED) is 0.843. The Morgan fingerprint density at radius 3 is 2.88 bits per heavy atom. The topological polar surface area (TPSA) is 70.2 Å². The number of aromatic nitrogens is 1. The first kappa shape index (κ1) is 11.9. The van der Waals surface area contributed by atoms with Crippen molar-refractivity contribution in [3.8, 4) is 0 Å². The molecule has 2 heterocycles. The third-order valence-corrected chi connectivity index (χ3v) is 3.45. The molecule has 0 aliphatic carbocycles. The van der Waals surface area contributed by atoms with Crippen molar-refractivity contribution in [2.24, 2.45) is 0 Å². The van der Waals surface area contributed by atoms with Gasteiger partial charge in [0, 0.05) is 31.2 Å². The number of carbonyl (C=O) groups excluding carboxylic acids is 2. The van der Waals surface area contributed by atoms with Crippen LogP contribution in [0.4, 0.5) is 5.82 Å². The number of anilines is 1. The van der Waals surface area contributed by atoms with E-state index in [0.717, 1.165) is 0 Å². The van der Waals surface area contributed by atoms with Crippen LogP contribution in [-0.2, 0) is 9.59 Å². The lowest BCUT2D eigenvalue weighted by atomic mass is 10.4. The number of hydrogen-bond donors (Lipinski definition) is 1. The standard InChI is InChI=1S/C11H12N2O3S/c1-7(14)17-8-5-11(16)13(6-8)9-3-2-4-10(15)12-9/h2-4,8H,5-6H2,1H3,(H,12,15). The zero-order valence-electron chi connectivity index (χ0n) is 9.30. The second-order valence-corrected chi connectivity index (χ2v) is 5.32. The predicted molar refractivity (Wildman–Crippen MR) is 66.1 cm³/mol. The molecule has 1 aliphatic heterocycles. The first-order chi connectivity index (χ1) is 8.06. The molecular formula is C11H12N2O3S. The van der Waals surface area contributed by atoms with Crippen LogP contribution in [0.1, 0.15) is 13.3 Å². The zero-order chi connectivity index (χ0) is 12.4. The van der Waals surface area contributed by atoms with Gasteiger partial charge in [0.1, 0.15) is 5.82 Å². The molecule has 90 valence electrons. The molecule has 1 unspecified atom stereocenters. The van der Waals surface area contributed by atoms with Gasteiger partial charge in [-0.1, -0.05) is 17.8 Å². The van der Waals surface area contributed by atoms with E-state index in [-0.39, 0.29) is 21.8 Å². The molecule has 1 N–H and O–H groups in total. The fourth-order valence-electron chi connectivity index (χ4n) is 1.81. The molecular weight excluding hydrogens is 240 g/mol. The number of nitrogens with zero attached hydrogens (tertiary/aromatic N) is 1. The molecule has 0 radical (unpaired) electrons. The van der Waals surface area contributed by atoms with Crippen LogP contribution in [0.5, 0.6) is 0 Å². The molecule has 17 heavy (non-hydrogen) atoms. The van der Waals surface area contributed by atoms with Gasteiger partial charge in [0.2, 0.25) is 11.5 Å². The van der Waals surface area contributed by atoms with E-state index in [9.17, 15) is 14.4 Å². The molecule has 0 saturated carbocycles. The van der Waals surface area contributed by atoms with Crippen LogP contribution in [0.25, 0.3) is 0 Å². The first-order valence-corrected chi connectivity index (χ1v) is 6.11. The van der Waals surface area contributed by atoms with Gasteiger partial charge in [0.25, 0.3) is 0 Å². The number of thioether (sulfide) groups is 1. The molecule has 1 amide bonds. The molecule has 1 atom stereocenters. The molecule has 6 heteroatoms. The van der Waals surface area contributed by atoms with Crippen LogP contribution < -0.4 is 10.5 Å². The normalized spacial score (nSPS) is 19.7. The highest BCUT2D eigenvalue weighted by Gasteiger charge is 2.32. The summed E-state index contributed by atoms with van der Waals surface area (Å²) in [5, 5.41) is -0.0186. The Morgan fingerprint density at radius 1 is 1.47 bits per heavy atom. The van der Waals surface area contributed by atoms with Gasteiger partial charge < -0.3 is 4.98 Å². The van der Waals surface area contributed by atoms with Crippen molar-refractivity contribution in [2.45, 2.75) is 18.6 Å². The summed E-state index contributed by atoms with van der Waals surface area (Å²) in [4.78, 5) is 38.0. The van der Waals surface area contributed by atoms with E-state index >= 15 is 0 Å². The zero-order valence-corrected chi connectivity index (χ0v) is 10.1. The van der Waals surface area contributed by atoms with Crippen molar-refractivity contribution in [3.05, 3.63) is 28.6 Å². The lowest BCUT2D eigenvalue weighted by Crippen LogP contribution is -2.27. The summed E-state index contributed by atoms with van der Waals surface area (Å²) in [6.07, 6.45) is 0.334. The molecule has 1 aromatic rings. The van der Waals surface area contributed by atoms with Gasteiger partial charge in [-0.3, -0.25) is 19.3 Å². The fraction of sp³-hybridized carbons (Fsp3) is 0.364. The van der Waals surface area contributed by atoms with E-state index in [1.54, 1.807) is 12.1 Å². The van der Waals surface area contributed by atoms with Crippen LogP contribution in [0.3, 0.4) is 0 Å². The fourth-order valence-corrected chi connectivity index (χ4v) is 2.73. The van der Waals surface area contributed by atoms with E-state index in [4.69, 9.17) is 0 Å². The van der Waals surface area contributed by atoms with E-state index in [2.05, 4.69) is 4.98 Å². The van der Waals surface area contributed by atoms with E-state index in [1.165, 1.54) is 29.7 Å². The minimum atomic E-state index is -0.238. The lowest BCUT2D eigenvalue weighted by Gasteiger charge is -2.15. The van der Waals surface area contributed by atoms with Crippen molar-refractivity contribution in [2.75, 3.05) is 11.4 Å². The molecule has 1 aromatic heterocycles. The average molecular weight is 252 g/mol. The number of pyridine rings is 1. The first-order valence-electron chi connectivity index (χ1n) is 5.23. The molecule has 1 fully saturated rings. The van der Waals surface area contributed by atoms with Gasteiger partial charge in [0.05, 0.1) is 0 Å². The number of rotatable bonds is 2. The number of nitrogens with one attached hydrogen (secondary N) is 1. The SMILES string of the molecule is CC(=O)SC1CC(=O)N(c2cccc(=O)[nH]2)C1. The third-order valence-electron chi connectivity index (χ3n) is 2.47. The largest absolute Gasteiger partial charge is 0.308 e. The Bertz CT molecular complexity index is 511. The van der Waals surface area contributed by atoms with Crippen molar-refractivity contribution < 1.29 is 9.59 Å². The third kappa shape index (κ3) is 2.76. The van der Waals surface area contributed by atoms with Crippen LogP contribution in [0.15, 0.2) is 23.0 Å². The van der Waals surface area contributed by atoms with Crippen molar-refractivity contribution in [3.63, 3.8) is 0 Å². The second-order valence-electron chi connectivity index (χ2n) is 3.84. The second kappa shape index (κ2) is 4.75. The summed E-state index contributed by atoms with van der Waals surface area (Å²) in [5.41, 5.74) is -0.238. The Hall–Kier alpha value is -1.56. The Morgan fingerprint density at radius 2 is 2.24 bits per heavy atom. The Labute approximate surface area is 102 Å². The highest BCUT2D eigenvalue weighted by molar-refractivity contribution is 8.14. The van der Waals surface area contributed by atoms with Gasteiger partial charge >= 0.3 is 0 Å². The number of H-pyrrole nitrogens is 1. The minimum Gasteiger partial charge on any atom is -0.308 e. The molecule has 1 saturated heterocycles. The Balaban J connectivity index is 2.15. The smallest absolute Gasteiger partial charge is 0.249 e. The number of aromatic amines is 1. The predicted octanol–water partition coefficient (Wildman–Crippen LogP) is 0.760. The van der Waals surface area contributed by atoms with Gasteiger partial charge in [-0.15, -0.1) is 0 Å².